The van der Waals surface area contributed by atoms with Gasteiger partial charge in [-0.25, -0.2) is 9.13 Å². The van der Waals surface area contributed by atoms with Crippen molar-refractivity contribution in [2.75, 3.05) is 0 Å². The highest BCUT2D eigenvalue weighted by atomic mass is 16.4. The fourth-order valence-corrected chi connectivity index (χ4v) is 2.72. The largest absolute Gasteiger partial charge is 0.481 e. The Labute approximate surface area is 144 Å². The number of hydrogen-bond donors (Lipinski definition) is 1. The van der Waals surface area contributed by atoms with Crippen LogP contribution in [-0.2, 0) is 17.9 Å². The average molecular weight is 328 g/mol. The number of aryl methyl sites for hydroxylation is 2. The molecule has 4 nitrogen and oxygen atoms in total. The van der Waals surface area contributed by atoms with E-state index in [2.05, 4.69) is 36.0 Å². The summed E-state index contributed by atoms with van der Waals surface area (Å²) in [5.41, 5.74) is 2.33. The van der Waals surface area contributed by atoms with Crippen LogP contribution in [0.2, 0.25) is 0 Å². The van der Waals surface area contributed by atoms with Gasteiger partial charge in [-0.1, -0.05) is 26.2 Å². The van der Waals surface area contributed by atoms with E-state index in [0.717, 1.165) is 12.1 Å². The van der Waals surface area contributed by atoms with E-state index in [9.17, 15) is 4.79 Å². The summed E-state index contributed by atoms with van der Waals surface area (Å²) in [5, 5.41) is 8.72. The van der Waals surface area contributed by atoms with Crippen LogP contribution in [0, 0.1) is 0 Å². The maximum absolute atomic E-state index is 10.6. The van der Waals surface area contributed by atoms with E-state index in [1.807, 2.05) is 29.1 Å². The van der Waals surface area contributed by atoms with Gasteiger partial charge in [-0.05, 0) is 17.5 Å². The first-order chi connectivity index (χ1) is 11.7. The van der Waals surface area contributed by atoms with Crippen molar-refractivity contribution in [3.63, 3.8) is 0 Å². The second kappa shape index (κ2) is 9.81. The number of unbranched alkanes of at least 4 members (excludes halogenated alkanes) is 4. The molecular formula is C20H28N2O2+2. The first-order valence-corrected chi connectivity index (χ1v) is 8.89. The van der Waals surface area contributed by atoms with Gasteiger partial charge in [0.2, 0.25) is 0 Å². The summed E-state index contributed by atoms with van der Waals surface area (Å²) in [7, 11) is 0. The molecule has 0 amide bonds. The Hall–Kier alpha value is -2.23. The van der Waals surface area contributed by atoms with Gasteiger partial charge < -0.3 is 5.11 Å². The Morgan fingerprint density at radius 2 is 1.33 bits per heavy atom. The molecule has 0 radical (unpaired) electrons. The van der Waals surface area contributed by atoms with Gasteiger partial charge >= 0.3 is 5.97 Å². The minimum atomic E-state index is -0.770. The molecule has 0 aliphatic rings. The molecule has 0 saturated carbocycles. The van der Waals surface area contributed by atoms with Crippen LogP contribution in [0.15, 0.2) is 49.1 Å². The topological polar surface area (TPSA) is 45.1 Å². The molecule has 0 bridgehead atoms. The van der Waals surface area contributed by atoms with Crippen LogP contribution < -0.4 is 9.13 Å². The normalized spacial score (nSPS) is 10.7. The van der Waals surface area contributed by atoms with Crippen molar-refractivity contribution in [3.8, 4) is 11.1 Å². The number of hydrogen-bond acceptors (Lipinski definition) is 1. The summed E-state index contributed by atoms with van der Waals surface area (Å²) in [6, 6.07) is 8.35. The number of rotatable bonds is 10. The molecular weight excluding hydrogens is 300 g/mol. The first kappa shape index (κ1) is 18.1. The molecule has 2 rings (SSSR count). The molecule has 128 valence electrons. The number of aliphatic carboxylic acids is 1. The number of aromatic nitrogens is 2. The zero-order chi connectivity index (χ0) is 17.2. The first-order valence-electron chi connectivity index (χ1n) is 8.89. The van der Waals surface area contributed by atoms with Crippen LogP contribution in [0.3, 0.4) is 0 Å². The third kappa shape index (κ3) is 6.11. The highest BCUT2D eigenvalue weighted by Gasteiger charge is 2.07. The second-order valence-electron chi connectivity index (χ2n) is 6.21. The monoisotopic (exact) mass is 328 g/mol. The fourth-order valence-electron chi connectivity index (χ4n) is 2.72. The Morgan fingerprint density at radius 3 is 1.83 bits per heavy atom. The lowest BCUT2D eigenvalue weighted by Gasteiger charge is -2.02. The number of carbonyl (C=O) groups is 1. The minimum absolute atomic E-state index is 0.146. The standard InChI is InChI=1S/C20H27N2O2/c1-2-3-4-5-6-12-21-13-7-18(8-14-21)19-9-15-22(16-10-19)17-11-20(23)24/h7-10,13-16H,2-6,11-12,17H2,1H3/q+1/p+1. The summed E-state index contributed by atoms with van der Waals surface area (Å²) in [5.74, 6) is -0.770. The van der Waals surface area contributed by atoms with Crippen molar-refractivity contribution < 1.29 is 19.0 Å². The lowest BCUT2D eigenvalue weighted by molar-refractivity contribution is -0.697. The molecule has 2 heterocycles. The van der Waals surface area contributed by atoms with Crippen molar-refractivity contribution in [3.05, 3.63) is 49.1 Å². The van der Waals surface area contributed by atoms with E-state index in [-0.39, 0.29) is 6.42 Å². The fraction of sp³-hybridized carbons (Fsp3) is 0.450. The number of nitrogens with zero attached hydrogens (tertiary/aromatic N) is 2. The van der Waals surface area contributed by atoms with Gasteiger partial charge in [0.15, 0.2) is 31.3 Å². The Bertz CT molecular complexity index is 621. The SMILES string of the molecule is CCCCCCC[n+]1ccc(-c2cc[n+](CCC(=O)O)cc2)cc1. The van der Waals surface area contributed by atoms with Gasteiger partial charge in [-0.3, -0.25) is 4.79 Å². The molecule has 0 saturated heterocycles. The van der Waals surface area contributed by atoms with E-state index >= 15 is 0 Å². The third-order valence-electron chi connectivity index (χ3n) is 4.22. The molecule has 1 N–H and O–H groups in total. The van der Waals surface area contributed by atoms with Crippen LogP contribution >= 0.6 is 0 Å². The zero-order valence-electron chi connectivity index (χ0n) is 14.5. The summed E-state index contributed by atoms with van der Waals surface area (Å²) < 4.78 is 4.14. The Kier molecular flexibility index (Phi) is 7.40. The molecule has 0 fully saturated rings. The van der Waals surface area contributed by atoms with Crippen molar-refractivity contribution in [2.45, 2.75) is 58.5 Å². The van der Waals surface area contributed by atoms with E-state index in [0.29, 0.717) is 6.54 Å². The molecule has 2 aromatic heterocycles. The minimum Gasteiger partial charge on any atom is -0.481 e. The molecule has 0 spiro atoms. The third-order valence-corrected chi connectivity index (χ3v) is 4.22. The predicted octanol–water partition coefficient (Wildman–Crippen LogP) is 3.37. The zero-order valence-corrected chi connectivity index (χ0v) is 14.5. The summed E-state index contributed by atoms with van der Waals surface area (Å²) in [4.78, 5) is 10.6. The van der Waals surface area contributed by atoms with Crippen LogP contribution in [0.25, 0.3) is 11.1 Å². The quantitative estimate of drug-likeness (QED) is 0.537. The van der Waals surface area contributed by atoms with Gasteiger partial charge in [-0.15, -0.1) is 0 Å². The molecule has 0 unspecified atom stereocenters. The van der Waals surface area contributed by atoms with Crippen molar-refractivity contribution >= 4 is 5.97 Å². The van der Waals surface area contributed by atoms with Crippen molar-refractivity contribution in [1.29, 1.82) is 0 Å². The second-order valence-corrected chi connectivity index (χ2v) is 6.21. The van der Waals surface area contributed by atoms with Crippen LogP contribution in [0.5, 0.6) is 0 Å². The van der Waals surface area contributed by atoms with Crippen molar-refractivity contribution in [1.82, 2.24) is 0 Å². The number of carboxylic acids is 1. The van der Waals surface area contributed by atoms with Crippen molar-refractivity contribution in [2.24, 2.45) is 0 Å². The van der Waals surface area contributed by atoms with Gasteiger partial charge in [0.05, 0.1) is 0 Å². The Balaban J connectivity index is 1.87. The lowest BCUT2D eigenvalue weighted by Crippen LogP contribution is -2.33. The average Bonchev–Trinajstić information content (AvgIpc) is 2.61. The van der Waals surface area contributed by atoms with Crippen LogP contribution in [0.1, 0.15) is 45.4 Å². The number of pyridine rings is 2. The van der Waals surface area contributed by atoms with Gasteiger partial charge in [0.25, 0.3) is 0 Å². The van der Waals surface area contributed by atoms with E-state index < -0.39 is 5.97 Å². The van der Waals surface area contributed by atoms with Crippen LogP contribution in [-0.4, -0.2) is 11.1 Å². The molecule has 0 aromatic carbocycles. The highest BCUT2D eigenvalue weighted by Crippen LogP contribution is 2.15. The lowest BCUT2D eigenvalue weighted by atomic mass is 10.1. The molecule has 0 atom stereocenters. The summed E-state index contributed by atoms with van der Waals surface area (Å²) in [6.45, 7) is 3.82. The summed E-state index contributed by atoms with van der Waals surface area (Å²) in [6.07, 6.45) is 14.8. The van der Waals surface area contributed by atoms with E-state index in [1.165, 1.54) is 37.7 Å². The van der Waals surface area contributed by atoms with Crippen LogP contribution in [0.4, 0.5) is 0 Å². The predicted molar refractivity (Wildman–Crippen MR) is 93.3 cm³/mol. The van der Waals surface area contributed by atoms with Gasteiger partial charge in [-0.2, -0.15) is 0 Å². The maximum atomic E-state index is 10.6. The molecule has 0 aliphatic carbocycles. The molecule has 24 heavy (non-hydrogen) atoms. The van der Waals surface area contributed by atoms with Gasteiger partial charge in [0.1, 0.15) is 13.0 Å². The number of carboxylic acid groups (broad SMARTS) is 1. The smallest absolute Gasteiger partial charge is 0.309 e. The Morgan fingerprint density at radius 1 is 0.833 bits per heavy atom. The van der Waals surface area contributed by atoms with E-state index in [1.54, 1.807) is 0 Å². The van der Waals surface area contributed by atoms with E-state index in [4.69, 9.17) is 5.11 Å². The molecule has 2 aromatic rings. The molecule has 0 aliphatic heterocycles. The van der Waals surface area contributed by atoms with Gasteiger partial charge in [0, 0.05) is 30.7 Å². The summed E-state index contributed by atoms with van der Waals surface area (Å²) >= 11 is 0. The highest BCUT2D eigenvalue weighted by molar-refractivity contribution is 5.66. The molecule has 4 heteroatoms. The maximum Gasteiger partial charge on any atom is 0.309 e.